The molecule has 0 radical (unpaired) electrons. The normalized spacial score (nSPS) is 10.5. The minimum atomic E-state index is -0.294. The number of fused-ring (bicyclic) bond motifs is 1. The van der Waals surface area contributed by atoms with Crippen LogP contribution >= 0.6 is 0 Å². The van der Waals surface area contributed by atoms with E-state index in [1.807, 2.05) is 36.4 Å². The van der Waals surface area contributed by atoms with E-state index in [1.165, 1.54) is 6.20 Å². The van der Waals surface area contributed by atoms with Gasteiger partial charge in [0.25, 0.3) is 0 Å². The highest BCUT2D eigenvalue weighted by Crippen LogP contribution is 2.25. The SMILES string of the molecule is N#Cc1cc(OCc2ccccc2)cc(Nc2ccc3c(F)c[nH]c3c2)n1. The third-order valence-electron chi connectivity index (χ3n) is 4.07. The quantitative estimate of drug-likeness (QED) is 0.532. The molecule has 132 valence electrons. The van der Waals surface area contributed by atoms with Gasteiger partial charge in [-0.05, 0) is 23.8 Å². The number of nitriles is 1. The van der Waals surface area contributed by atoms with Gasteiger partial charge in [-0.25, -0.2) is 9.37 Å². The Balaban J connectivity index is 1.56. The van der Waals surface area contributed by atoms with Gasteiger partial charge in [-0.3, -0.25) is 0 Å². The summed E-state index contributed by atoms with van der Waals surface area (Å²) >= 11 is 0. The van der Waals surface area contributed by atoms with Crippen LogP contribution in [0, 0.1) is 17.1 Å². The second-order valence-corrected chi connectivity index (χ2v) is 5.98. The van der Waals surface area contributed by atoms with E-state index < -0.39 is 0 Å². The lowest BCUT2D eigenvalue weighted by Gasteiger charge is -2.10. The van der Waals surface area contributed by atoms with Crippen molar-refractivity contribution in [3.8, 4) is 11.8 Å². The predicted octanol–water partition coefficient (Wildman–Crippen LogP) is 4.90. The van der Waals surface area contributed by atoms with Crippen molar-refractivity contribution in [3.63, 3.8) is 0 Å². The molecule has 4 rings (SSSR count). The van der Waals surface area contributed by atoms with Gasteiger partial charge in [-0.15, -0.1) is 0 Å². The number of H-pyrrole nitrogens is 1. The molecule has 27 heavy (non-hydrogen) atoms. The molecular weight excluding hydrogens is 343 g/mol. The number of nitrogens with one attached hydrogen (secondary N) is 2. The third-order valence-corrected chi connectivity index (χ3v) is 4.07. The molecule has 0 saturated heterocycles. The Bertz CT molecular complexity index is 1130. The number of pyridine rings is 1. The van der Waals surface area contributed by atoms with Gasteiger partial charge in [-0.1, -0.05) is 30.3 Å². The summed E-state index contributed by atoms with van der Waals surface area (Å²) < 4.78 is 19.4. The summed E-state index contributed by atoms with van der Waals surface area (Å²) in [4.78, 5) is 7.12. The first-order valence-electron chi connectivity index (χ1n) is 8.34. The van der Waals surface area contributed by atoms with Crippen LogP contribution in [0.2, 0.25) is 0 Å². The summed E-state index contributed by atoms with van der Waals surface area (Å²) in [6, 6.07) is 20.3. The Morgan fingerprint density at radius 2 is 1.96 bits per heavy atom. The minimum absolute atomic E-state index is 0.245. The molecule has 6 heteroatoms. The van der Waals surface area contributed by atoms with Crippen molar-refractivity contribution in [3.05, 3.63) is 83.9 Å². The predicted molar refractivity (Wildman–Crippen MR) is 101 cm³/mol. The van der Waals surface area contributed by atoms with Gasteiger partial charge in [0.1, 0.15) is 35.8 Å². The van der Waals surface area contributed by atoms with Gasteiger partial charge in [0.2, 0.25) is 0 Å². The highest BCUT2D eigenvalue weighted by molar-refractivity contribution is 5.84. The number of aromatic nitrogens is 2. The first kappa shape index (κ1) is 16.6. The summed E-state index contributed by atoms with van der Waals surface area (Å²) in [6.07, 6.45) is 1.32. The summed E-state index contributed by atoms with van der Waals surface area (Å²) in [7, 11) is 0. The maximum Gasteiger partial charge on any atom is 0.148 e. The largest absolute Gasteiger partial charge is 0.489 e. The first-order chi connectivity index (χ1) is 13.2. The smallest absolute Gasteiger partial charge is 0.148 e. The molecule has 0 aliphatic rings. The molecule has 0 fully saturated rings. The molecule has 2 heterocycles. The Hall–Kier alpha value is -3.85. The molecule has 0 unspecified atom stereocenters. The van der Waals surface area contributed by atoms with E-state index in [2.05, 4.69) is 15.3 Å². The van der Waals surface area contributed by atoms with Crippen LogP contribution in [0.5, 0.6) is 5.75 Å². The van der Waals surface area contributed by atoms with E-state index in [4.69, 9.17) is 4.74 Å². The molecule has 0 aliphatic heterocycles. The number of halogens is 1. The molecule has 2 aromatic carbocycles. The average molecular weight is 358 g/mol. The second kappa shape index (κ2) is 7.18. The van der Waals surface area contributed by atoms with Crippen LogP contribution in [0.4, 0.5) is 15.9 Å². The standard InChI is InChI=1S/C21H15FN4O/c22-19-12-24-20-9-15(6-7-18(19)20)25-21-10-17(8-16(11-23)26-21)27-13-14-4-2-1-3-5-14/h1-10,12,24H,13H2,(H,25,26). The average Bonchev–Trinajstić information content (AvgIpc) is 3.07. The van der Waals surface area contributed by atoms with E-state index in [1.54, 1.807) is 30.3 Å². The zero-order valence-corrected chi connectivity index (χ0v) is 14.2. The highest BCUT2D eigenvalue weighted by Gasteiger charge is 2.07. The van der Waals surface area contributed by atoms with Crippen LogP contribution in [-0.4, -0.2) is 9.97 Å². The lowest BCUT2D eigenvalue weighted by molar-refractivity contribution is 0.306. The van der Waals surface area contributed by atoms with Gasteiger partial charge in [0.15, 0.2) is 0 Å². The number of aromatic amines is 1. The van der Waals surface area contributed by atoms with Gasteiger partial charge >= 0.3 is 0 Å². The van der Waals surface area contributed by atoms with Gasteiger partial charge < -0.3 is 15.0 Å². The maximum atomic E-state index is 13.6. The number of nitrogens with zero attached hydrogens (tertiary/aromatic N) is 2. The van der Waals surface area contributed by atoms with Crippen molar-refractivity contribution in [1.82, 2.24) is 9.97 Å². The van der Waals surface area contributed by atoms with Crippen molar-refractivity contribution < 1.29 is 9.13 Å². The van der Waals surface area contributed by atoms with Crippen molar-refractivity contribution in [2.45, 2.75) is 6.61 Å². The fraction of sp³-hybridized carbons (Fsp3) is 0.0476. The van der Waals surface area contributed by atoms with Crippen molar-refractivity contribution in [2.75, 3.05) is 5.32 Å². The molecule has 0 amide bonds. The van der Waals surface area contributed by atoms with Crippen LogP contribution in [0.15, 0.2) is 66.9 Å². The van der Waals surface area contributed by atoms with Gasteiger partial charge in [0, 0.05) is 29.4 Å². The van der Waals surface area contributed by atoms with E-state index in [-0.39, 0.29) is 11.5 Å². The highest BCUT2D eigenvalue weighted by atomic mass is 19.1. The summed E-state index contributed by atoms with van der Waals surface area (Å²) in [5.41, 5.74) is 2.67. The zero-order chi connectivity index (χ0) is 18.6. The summed E-state index contributed by atoms with van der Waals surface area (Å²) in [5.74, 6) is 0.723. The molecule has 0 atom stereocenters. The molecule has 0 aliphatic carbocycles. The van der Waals surface area contributed by atoms with Crippen LogP contribution in [0.25, 0.3) is 10.9 Å². The van der Waals surface area contributed by atoms with Crippen LogP contribution in [-0.2, 0) is 6.61 Å². The Labute approximate surface area is 155 Å². The number of hydrogen-bond donors (Lipinski definition) is 2. The molecule has 0 saturated carbocycles. The molecule has 2 N–H and O–H groups in total. The summed E-state index contributed by atoms with van der Waals surface area (Å²) in [6.45, 7) is 0.392. The maximum absolute atomic E-state index is 13.6. The van der Waals surface area contributed by atoms with Crippen LogP contribution < -0.4 is 10.1 Å². The van der Waals surface area contributed by atoms with Crippen molar-refractivity contribution >= 4 is 22.4 Å². The van der Waals surface area contributed by atoms with Crippen LogP contribution in [0.1, 0.15) is 11.3 Å². The fourth-order valence-corrected chi connectivity index (χ4v) is 2.77. The number of rotatable bonds is 5. The summed E-state index contributed by atoms with van der Waals surface area (Å²) in [5, 5.41) is 12.9. The Kier molecular flexibility index (Phi) is 4.42. The third kappa shape index (κ3) is 3.72. The molecular formula is C21H15FN4O. The van der Waals surface area contributed by atoms with Gasteiger partial charge in [0.05, 0.1) is 5.52 Å². The Morgan fingerprint density at radius 1 is 1.11 bits per heavy atom. The van der Waals surface area contributed by atoms with Crippen molar-refractivity contribution in [2.24, 2.45) is 0 Å². The van der Waals surface area contributed by atoms with Gasteiger partial charge in [-0.2, -0.15) is 5.26 Å². The van der Waals surface area contributed by atoms with E-state index in [0.717, 1.165) is 11.3 Å². The van der Waals surface area contributed by atoms with E-state index in [9.17, 15) is 9.65 Å². The number of ether oxygens (including phenoxy) is 1. The number of anilines is 2. The Morgan fingerprint density at radius 3 is 2.78 bits per heavy atom. The topological polar surface area (TPSA) is 73.7 Å². The van der Waals surface area contributed by atoms with E-state index in [0.29, 0.717) is 29.1 Å². The number of benzene rings is 2. The first-order valence-corrected chi connectivity index (χ1v) is 8.34. The molecule has 0 bridgehead atoms. The molecule has 0 spiro atoms. The van der Waals surface area contributed by atoms with Crippen LogP contribution in [0.3, 0.4) is 0 Å². The number of hydrogen-bond acceptors (Lipinski definition) is 4. The lowest BCUT2D eigenvalue weighted by atomic mass is 10.2. The molecule has 5 nitrogen and oxygen atoms in total. The van der Waals surface area contributed by atoms with Crippen molar-refractivity contribution in [1.29, 1.82) is 5.26 Å². The van der Waals surface area contributed by atoms with E-state index >= 15 is 0 Å². The molecule has 4 aromatic rings. The fourth-order valence-electron chi connectivity index (χ4n) is 2.77. The molecule has 2 aromatic heterocycles. The lowest BCUT2D eigenvalue weighted by Crippen LogP contribution is -2.00. The minimum Gasteiger partial charge on any atom is -0.489 e. The zero-order valence-electron chi connectivity index (χ0n) is 14.2. The second-order valence-electron chi connectivity index (χ2n) is 5.98. The monoisotopic (exact) mass is 358 g/mol.